The average Bonchev–Trinajstić information content (AvgIpc) is 3.36. The monoisotopic (exact) mass is 411 g/mol. The molecule has 0 radical (unpaired) electrons. The van der Waals surface area contributed by atoms with Crippen LogP contribution in [0.15, 0.2) is 30.2 Å². The molecule has 0 aliphatic carbocycles. The first kappa shape index (κ1) is 13.2. The minimum atomic E-state index is -0.521. The number of aryl methyl sites for hydroxylation is 2. The van der Waals surface area contributed by atoms with Gasteiger partial charge in [-0.15, -0.1) is 20.4 Å². The van der Waals surface area contributed by atoms with Crippen molar-refractivity contribution in [3.8, 4) is 0 Å². The Bertz CT molecular complexity index is 1060. The second kappa shape index (κ2) is 9.60. The van der Waals surface area contributed by atoms with Gasteiger partial charge in [0.1, 0.15) is 10.0 Å². The average molecular weight is 412 g/mol. The van der Waals surface area contributed by atoms with E-state index in [1.807, 2.05) is 0 Å². The van der Waals surface area contributed by atoms with Crippen LogP contribution in [0.2, 0.25) is 0 Å². The lowest BCUT2D eigenvalue weighted by atomic mass is 10.1. The van der Waals surface area contributed by atoms with E-state index in [0.29, 0.717) is 16.7 Å². The van der Waals surface area contributed by atoms with Gasteiger partial charge in [-0.1, -0.05) is 52.9 Å². The molecule has 0 bridgehead atoms. The maximum absolute atomic E-state index is 12.3. The maximum atomic E-state index is 12.3. The Morgan fingerprint density at radius 3 is 2.46 bits per heavy atom. The Kier molecular flexibility index (Phi) is 4.87. The van der Waals surface area contributed by atoms with Crippen molar-refractivity contribution in [1.82, 2.24) is 20.4 Å². The zero-order valence-corrected chi connectivity index (χ0v) is 16.0. The highest BCUT2D eigenvalue weighted by Crippen LogP contribution is 2.19. The quantitative estimate of drug-likeness (QED) is 0.521. The van der Waals surface area contributed by atoms with E-state index >= 15 is 0 Å². The standard InChI is InChI=1S/C16H18N6OS3/c17-15-21-19-13(25-15)6-8-24-9-7-14-20-22-16(26-14)18-12(23)10-11-4-2-1-3-5-11/h1-5H,6-10H2,(H2,17,21)(H,18,22,23)/i1D,2D,3D,4D,5D. The number of amides is 1. The number of carbonyl (C=O) groups is 1. The molecule has 3 rings (SSSR count). The first-order valence-corrected chi connectivity index (χ1v) is 10.4. The zero-order chi connectivity index (χ0) is 22.5. The number of nitrogen functional groups attached to an aromatic ring is 1. The molecule has 0 saturated carbocycles. The van der Waals surface area contributed by atoms with Crippen molar-refractivity contribution in [2.45, 2.75) is 19.3 Å². The lowest BCUT2D eigenvalue weighted by molar-refractivity contribution is -0.115. The van der Waals surface area contributed by atoms with Crippen LogP contribution in [0.25, 0.3) is 0 Å². The number of hydrogen-bond acceptors (Lipinski definition) is 9. The van der Waals surface area contributed by atoms with Gasteiger partial charge < -0.3 is 11.1 Å². The summed E-state index contributed by atoms with van der Waals surface area (Å²) < 4.78 is 38.7. The number of nitrogens with zero attached hydrogens (tertiary/aromatic N) is 4. The fourth-order valence-corrected chi connectivity index (χ4v) is 4.38. The van der Waals surface area contributed by atoms with E-state index in [1.54, 1.807) is 11.8 Å². The van der Waals surface area contributed by atoms with Crippen molar-refractivity contribution >= 4 is 50.6 Å². The second-order valence-corrected chi connectivity index (χ2v) is 8.36. The lowest BCUT2D eigenvalue weighted by Crippen LogP contribution is -2.14. The third kappa shape index (κ3) is 6.04. The van der Waals surface area contributed by atoms with E-state index in [2.05, 4.69) is 25.7 Å². The summed E-state index contributed by atoms with van der Waals surface area (Å²) in [6.45, 7) is 0. The van der Waals surface area contributed by atoms with Gasteiger partial charge in [-0.05, 0) is 17.1 Å². The maximum Gasteiger partial charge on any atom is 0.230 e. The van der Waals surface area contributed by atoms with Crippen LogP contribution in [0.3, 0.4) is 0 Å². The van der Waals surface area contributed by atoms with Gasteiger partial charge in [-0.2, -0.15) is 11.8 Å². The highest BCUT2D eigenvalue weighted by atomic mass is 32.2. The Morgan fingerprint density at radius 2 is 1.77 bits per heavy atom. The summed E-state index contributed by atoms with van der Waals surface area (Å²) in [6, 6.07) is -2.18. The largest absolute Gasteiger partial charge is 0.374 e. The molecule has 0 spiro atoms. The Labute approximate surface area is 170 Å². The van der Waals surface area contributed by atoms with Crippen molar-refractivity contribution in [2.24, 2.45) is 0 Å². The number of hydrogen-bond donors (Lipinski definition) is 2. The number of benzene rings is 1. The molecule has 2 aromatic heterocycles. The van der Waals surface area contributed by atoms with E-state index in [4.69, 9.17) is 12.6 Å². The molecule has 1 amide bonds. The van der Waals surface area contributed by atoms with Crippen LogP contribution in [0.4, 0.5) is 10.3 Å². The van der Waals surface area contributed by atoms with Crippen molar-refractivity contribution in [3.63, 3.8) is 0 Å². The van der Waals surface area contributed by atoms with Crippen LogP contribution < -0.4 is 11.1 Å². The van der Waals surface area contributed by atoms with E-state index < -0.39 is 24.0 Å². The number of thioether (sulfide) groups is 1. The summed E-state index contributed by atoms with van der Waals surface area (Å²) in [6.07, 6.45) is 1.14. The first-order valence-electron chi connectivity index (χ1n) is 10.1. The minimum absolute atomic E-state index is 0.0539. The van der Waals surface area contributed by atoms with Gasteiger partial charge in [0.05, 0.1) is 13.3 Å². The van der Waals surface area contributed by atoms with Crippen LogP contribution in [0.5, 0.6) is 0 Å². The van der Waals surface area contributed by atoms with Crippen molar-refractivity contribution in [3.05, 3.63) is 45.8 Å². The lowest BCUT2D eigenvalue weighted by Gasteiger charge is -2.00. The molecular weight excluding hydrogens is 388 g/mol. The molecule has 0 aliphatic rings. The van der Waals surface area contributed by atoms with Crippen LogP contribution >= 0.6 is 34.4 Å². The molecule has 26 heavy (non-hydrogen) atoms. The predicted molar refractivity (Wildman–Crippen MR) is 108 cm³/mol. The molecule has 1 aromatic carbocycles. The number of nitrogens with two attached hydrogens (primary N) is 1. The molecule has 0 saturated heterocycles. The van der Waals surface area contributed by atoms with Gasteiger partial charge in [0.2, 0.25) is 16.2 Å². The Morgan fingerprint density at radius 1 is 1.08 bits per heavy atom. The number of rotatable bonds is 9. The van der Waals surface area contributed by atoms with Crippen LogP contribution in [-0.4, -0.2) is 37.8 Å². The number of aromatic nitrogens is 4. The van der Waals surface area contributed by atoms with Crippen LogP contribution in [-0.2, 0) is 24.1 Å². The molecule has 3 N–H and O–H groups in total. The van der Waals surface area contributed by atoms with Gasteiger partial charge in [0.15, 0.2) is 0 Å². The molecule has 3 aromatic rings. The molecular formula is C16H18N6OS3. The van der Waals surface area contributed by atoms with Gasteiger partial charge >= 0.3 is 0 Å². The fraction of sp³-hybridized carbons (Fsp3) is 0.312. The smallest absolute Gasteiger partial charge is 0.230 e. The molecule has 136 valence electrons. The number of carbonyl (C=O) groups excluding carboxylic acids is 1. The summed E-state index contributed by atoms with van der Waals surface area (Å²) in [7, 11) is 0. The first-order chi connectivity index (χ1) is 14.8. The topological polar surface area (TPSA) is 107 Å². The van der Waals surface area contributed by atoms with Gasteiger partial charge in [-0.3, -0.25) is 4.79 Å². The third-order valence-corrected chi connectivity index (χ3v) is 5.70. The minimum Gasteiger partial charge on any atom is -0.374 e. The highest BCUT2D eigenvalue weighted by molar-refractivity contribution is 7.99. The van der Waals surface area contributed by atoms with Gasteiger partial charge in [-0.25, -0.2) is 0 Å². The van der Waals surface area contributed by atoms with Gasteiger partial charge in [0.25, 0.3) is 0 Å². The normalized spacial score (nSPS) is 13.5. The molecule has 0 unspecified atom stereocenters. The van der Waals surface area contributed by atoms with E-state index in [1.165, 1.54) is 22.7 Å². The van der Waals surface area contributed by atoms with Crippen molar-refractivity contribution in [1.29, 1.82) is 0 Å². The van der Waals surface area contributed by atoms with Crippen LogP contribution in [0, 0.1) is 0 Å². The number of anilines is 2. The SMILES string of the molecule is [2H]c1c([2H])c([2H])c(CC(=O)Nc2nnc(CCSCCc3nnc(N)s3)s2)c([2H])c1[2H]. The second-order valence-electron chi connectivity index (χ2n) is 4.98. The third-order valence-electron chi connectivity index (χ3n) is 3.01. The van der Waals surface area contributed by atoms with Crippen molar-refractivity contribution < 1.29 is 11.6 Å². The Hall–Kier alpha value is -2.04. The zero-order valence-electron chi connectivity index (χ0n) is 18.5. The van der Waals surface area contributed by atoms with E-state index in [9.17, 15) is 4.79 Å². The summed E-state index contributed by atoms with van der Waals surface area (Å²) in [4.78, 5) is 12.3. The summed E-state index contributed by atoms with van der Waals surface area (Å²) in [5, 5.41) is 20.8. The van der Waals surface area contributed by atoms with Crippen molar-refractivity contribution in [2.75, 3.05) is 22.6 Å². The molecule has 10 heteroatoms. The number of nitrogens with one attached hydrogen (secondary N) is 1. The summed E-state index contributed by atoms with van der Waals surface area (Å²) >= 11 is 4.37. The summed E-state index contributed by atoms with van der Waals surface area (Å²) in [5.74, 6) is 1.20. The van der Waals surface area contributed by atoms with Crippen LogP contribution in [0.1, 0.15) is 22.4 Å². The molecule has 0 atom stereocenters. The fourth-order valence-electron chi connectivity index (χ4n) is 1.88. The van der Waals surface area contributed by atoms with E-state index in [0.717, 1.165) is 27.9 Å². The molecule has 0 aliphatic heterocycles. The van der Waals surface area contributed by atoms with Gasteiger partial charge in [0, 0.05) is 12.8 Å². The molecule has 2 heterocycles. The summed E-state index contributed by atoms with van der Waals surface area (Å²) in [5.41, 5.74) is 5.50. The molecule has 7 nitrogen and oxygen atoms in total. The highest BCUT2D eigenvalue weighted by Gasteiger charge is 2.09. The molecule has 0 fully saturated rings. The Balaban J connectivity index is 1.48. The van der Waals surface area contributed by atoms with E-state index in [-0.39, 0.29) is 24.1 Å². The predicted octanol–water partition coefficient (Wildman–Crippen LogP) is 2.67.